The van der Waals surface area contributed by atoms with Crippen molar-refractivity contribution in [3.63, 3.8) is 0 Å². The topological polar surface area (TPSA) is 72.7 Å². The number of hydrogen-bond donors (Lipinski definition) is 0. The Hall–Kier alpha value is -2.99. The minimum absolute atomic E-state index is 0.0000156. The summed E-state index contributed by atoms with van der Waals surface area (Å²) < 4.78 is 5.31. The summed E-state index contributed by atoms with van der Waals surface area (Å²) >= 11 is 0. The maximum absolute atomic E-state index is 13.0. The molecule has 2 aromatic rings. The van der Waals surface area contributed by atoms with Crippen LogP contribution in [-0.4, -0.2) is 42.0 Å². The summed E-state index contributed by atoms with van der Waals surface area (Å²) in [7, 11) is 0. The fourth-order valence-corrected chi connectivity index (χ4v) is 2.72. The van der Waals surface area contributed by atoms with Gasteiger partial charge in [-0.15, -0.1) is 0 Å². The van der Waals surface area contributed by atoms with Crippen molar-refractivity contribution in [2.45, 2.75) is 0 Å². The number of non-ortho nitro benzene ring substituents is 1. The molecule has 2 aromatic carbocycles. The van der Waals surface area contributed by atoms with Gasteiger partial charge in [0, 0.05) is 30.8 Å². The van der Waals surface area contributed by atoms with Crippen LogP contribution in [0.15, 0.2) is 54.6 Å². The zero-order valence-corrected chi connectivity index (χ0v) is 13.6. The number of hydrogen-bond acceptors (Lipinski definition) is 4. The lowest BCUT2D eigenvalue weighted by molar-refractivity contribution is -0.384. The van der Waals surface area contributed by atoms with Crippen LogP contribution in [0.3, 0.4) is 0 Å². The van der Waals surface area contributed by atoms with E-state index in [0.717, 1.165) is 5.56 Å². The third-order valence-electron chi connectivity index (χ3n) is 4.01. The molecule has 0 radical (unpaired) electrons. The zero-order valence-electron chi connectivity index (χ0n) is 13.6. The largest absolute Gasteiger partial charge is 0.378 e. The molecule has 1 fully saturated rings. The van der Waals surface area contributed by atoms with Crippen LogP contribution in [0, 0.1) is 10.1 Å². The lowest BCUT2D eigenvalue weighted by Gasteiger charge is -2.28. The van der Waals surface area contributed by atoms with Crippen molar-refractivity contribution < 1.29 is 14.5 Å². The van der Waals surface area contributed by atoms with Crippen molar-refractivity contribution in [3.05, 3.63) is 75.8 Å². The van der Waals surface area contributed by atoms with Gasteiger partial charge in [-0.2, -0.15) is 0 Å². The van der Waals surface area contributed by atoms with Gasteiger partial charge >= 0.3 is 0 Å². The molecule has 1 aliphatic heterocycles. The maximum atomic E-state index is 13.0. The molecule has 128 valence electrons. The van der Waals surface area contributed by atoms with E-state index in [1.165, 1.54) is 12.1 Å². The summed E-state index contributed by atoms with van der Waals surface area (Å²) in [5.74, 6) is -0.0963. The normalized spacial score (nSPS) is 15.0. The number of amides is 1. The van der Waals surface area contributed by atoms with Crippen LogP contribution >= 0.6 is 0 Å². The number of morpholine rings is 1. The highest BCUT2D eigenvalue weighted by Crippen LogP contribution is 2.23. The van der Waals surface area contributed by atoms with Crippen molar-refractivity contribution in [2.75, 3.05) is 26.3 Å². The van der Waals surface area contributed by atoms with Gasteiger partial charge in [0.25, 0.3) is 11.6 Å². The minimum atomic E-state index is -0.441. The highest BCUT2D eigenvalue weighted by atomic mass is 16.6. The summed E-state index contributed by atoms with van der Waals surface area (Å²) in [6, 6.07) is 15.6. The molecule has 1 aliphatic rings. The van der Waals surface area contributed by atoms with Crippen LogP contribution in [0.5, 0.6) is 0 Å². The Labute approximate surface area is 145 Å². The summed E-state index contributed by atoms with van der Waals surface area (Å²) in [5.41, 5.74) is 1.92. The number of ether oxygens (including phenoxy) is 1. The molecule has 6 nitrogen and oxygen atoms in total. The fraction of sp³-hybridized carbons (Fsp3) is 0.211. The number of nitro benzene ring substituents is 1. The Balaban J connectivity index is 2.00. The predicted molar refractivity (Wildman–Crippen MR) is 94.8 cm³/mol. The molecule has 0 aromatic heterocycles. The second-order valence-corrected chi connectivity index (χ2v) is 5.68. The monoisotopic (exact) mass is 338 g/mol. The van der Waals surface area contributed by atoms with Crippen molar-refractivity contribution in [2.24, 2.45) is 0 Å². The Morgan fingerprint density at radius 3 is 2.48 bits per heavy atom. The smallest absolute Gasteiger partial charge is 0.270 e. The molecule has 1 saturated heterocycles. The van der Waals surface area contributed by atoms with E-state index in [2.05, 4.69) is 0 Å². The average molecular weight is 338 g/mol. The average Bonchev–Trinajstić information content (AvgIpc) is 2.67. The van der Waals surface area contributed by atoms with Gasteiger partial charge in [0.2, 0.25) is 0 Å². The first-order valence-corrected chi connectivity index (χ1v) is 8.04. The van der Waals surface area contributed by atoms with Crippen LogP contribution in [0.25, 0.3) is 11.6 Å². The number of nitrogens with zero attached hydrogens (tertiary/aromatic N) is 2. The Morgan fingerprint density at radius 2 is 1.80 bits per heavy atom. The summed E-state index contributed by atoms with van der Waals surface area (Å²) in [6.07, 6.45) is 1.71. The second kappa shape index (κ2) is 7.72. The quantitative estimate of drug-likeness (QED) is 0.372. The molecule has 6 heteroatoms. The van der Waals surface area contributed by atoms with Crippen molar-refractivity contribution in [3.8, 4) is 0 Å². The number of rotatable bonds is 4. The van der Waals surface area contributed by atoms with E-state index in [4.69, 9.17) is 4.74 Å². The lowest BCUT2D eigenvalue weighted by atomic mass is 10.0. The Bertz CT molecular complexity index is 796. The van der Waals surface area contributed by atoms with Gasteiger partial charge in [-0.05, 0) is 17.2 Å². The molecule has 0 atom stereocenters. The highest BCUT2D eigenvalue weighted by molar-refractivity contribution is 6.24. The molecule has 25 heavy (non-hydrogen) atoms. The lowest BCUT2D eigenvalue weighted by Crippen LogP contribution is -2.41. The van der Waals surface area contributed by atoms with Gasteiger partial charge in [0.05, 0.1) is 18.1 Å². The molecule has 3 rings (SSSR count). The number of carbonyl (C=O) groups excluding carboxylic acids is 1. The van der Waals surface area contributed by atoms with Gasteiger partial charge in [-0.25, -0.2) is 0 Å². The molecular weight excluding hydrogens is 320 g/mol. The number of nitro groups is 1. The first kappa shape index (κ1) is 16.9. The third kappa shape index (κ3) is 4.10. The molecule has 0 N–H and O–H groups in total. The third-order valence-corrected chi connectivity index (χ3v) is 4.01. The van der Waals surface area contributed by atoms with Gasteiger partial charge in [-0.1, -0.05) is 42.5 Å². The van der Waals surface area contributed by atoms with E-state index in [9.17, 15) is 14.9 Å². The van der Waals surface area contributed by atoms with Crippen LogP contribution in [0.4, 0.5) is 5.69 Å². The number of carbonyl (C=O) groups is 1. The van der Waals surface area contributed by atoms with Crippen LogP contribution in [0.1, 0.15) is 11.1 Å². The van der Waals surface area contributed by atoms with E-state index in [1.807, 2.05) is 30.3 Å². The minimum Gasteiger partial charge on any atom is -0.378 e. The molecule has 1 amide bonds. The standard InChI is InChI=1S/C19H18N2O4/c22-19(20-9-11-25-12-10-20)18(16-6-2-1-3-7-16)14-15-5-4-8-17(13-15)21(23)24/h1-8,13-14H,9-12H2/b18-14+. The van der Waals surface area contributed by atoms with Crippen LogP contribution in [0.2, 0.25) is 0 Å². The van der Waals surface area contributed by atoms with E-state index in [0.29, 0.717) is 37.4 Å². The molecule has 0 spiro atoms. The maximum Gasteiger partial charge on any atom is 0.270 e. The van der Waals surface area contributed by atoms with Gasteiger partial charge in [0.1, 0.15) is 0 Å². The Kier molecular flexibility index (Phi) is 5.20. The first-order chi connectivity index (χ1) is 12.1. The summed E-state index contributed by atoms with van der Waals surface area (Å²) in [6.45, 7) is 2.12. The highest BCUT2D eigenvalue weighted by Gasteiger charge is 2.22. The molecule has 0 bridgehead atoms. The predicted octanol–water partition coefficient (Wildman–Crippen LogP) is 2.99. The molecule has 0 aliphatic carbocycles. The number of benzene rings is 2. The van der Waals surface area contributed by atoms with E-state index in [-0.39, 0.29) is 11.6 Å². The SMILES string of the molecule is O=C(/C(=C/c1cccc([N+](=O)[O-])c1)c1ccccc1)N1CCOCC1. The molecule has 1 heterocycles. The van der Waals surface area contributed by atoms with Crippen molar-refractivity contribution >= 4 is 23.2 Å². The van der Waals surface area contributed by atoms with Gasteiger partial charge in [-0.3, -0.25) is 14.9 Å². The summed E-state index contributed by atoms with van der Waals surface area (Å²) in [5, 5.41) is 11.0. The van der Waals surface area contributed by atoms with Crippen molar-refractivity contribution in [1.82, 2.24) is 4.90 Å². The first-order valence-electron chi connectivity index (χ1n) is 8.04. The van der Waals surface area contributed by atoms with Crippen molar-refractivity contribution in [1.29, 1.82) is 0 Å². The fourth-order valence-electron chi connectivity index (χ4n) is 2.72. The van der Waals surface area contributed by atoms with E-state index in [1.54, 1.807) is 23.1 Å². The second-order valence-electron chi connectivity index (χ2n) is 5.68. The molecule has 0 unspecified atom stereocenters. The zero-order chi connectivity index (χ0) is 17.6. The molecular formula is C19H18N2O4. The molecule has 0 saturated carbocycles. The summed E-state index contributed by atoms with van der Waals surface area (Å²) in [4.78, 5) is 25.3. The van der Waals surface area contributed by atoms with Gasteiger partial charge < -0.3 is 9.64 Å². The van der Waals surface area contributed by atoms with Crippen LogP contribution < -0.4 is 0 Å². The van der Waals surface area contributed by atoms with Crippen LogP contribution in [-0.2, 0) is 9.53 Å². The Morgan fingerprint density at radius 1 is 1.08 bits per heavy atom. The van der Waals surface area contributed by atoms with E-state index < -0.39 is 4.92 Å². The van der Waals surface area contributed by atoms with E-state index >= 15 is 0 Å². The van der Waals surface area contributed by atoms with Gasteiger partial charge in [0.15, 0.2) is 0 Å².